The van der Waals surface area contributed by atoms with E-state index in [1.807, 2.05) is 12.1 Å². The number of hydrogen-bond donors (Lipinski definition) is 1. The number of hydrogen-bond acceptors (Lipinski definition) is 5. The molecule has 1 amide bonds. The monoisotopic (exact) mass is 409 g/mol. The molecule has 0 heterocycles. The molecule has 0 bridgehead atoms. The predicted octanol–water partition coefficient (Wildman–Crippen LogP) is 4.59. The minimum atomic E-state index is -0.481. The van der Waals surface area contributed by atoms with Gasteiger partial charge in [0, 0.05) is 22.7 Å². The number of amides is 1. The molecule has 146 valence electrons. The van der Waals surface area contributed by atoms with E-state index >= 15 is 0 Å². The molecule has 0 atom stereocenters. The normalized spacial score (nSPS) is 10.7. The molecule has 0 aliphatic heterocycles. The molecule has 0 unspecified atom stereocenters. The number of benzene rings is 3. The molecule has 3 aromatic rings. The quantitative estimate of drug-likeness (QED) is 0.351. The Kier molecular flexibility index (Phi) is 6.55. The average molecular weight is 410 g/mol. The summed E-state index contributed by atoms with van der Waals surface area (Å²) in [5.74, 6) is 0.248. The van der Waals surface area contributed by atoms with Crippen molar-refractivity contribution in [2.45, 2.75) is 6.61 Å². The summed E-state index contributed by atoms with van der Waals surface area (Å²) in [4.78, 5) is 22.3. The third-order valence-electron chi connectivity index (χ3n) is 3.92. The number of rotatable bonds is 7. The Morgan fingerprint density at radius 3 is 2.31 bits per heavy atom. The fourth-order valence-corrected chi connectivity index (χ4v) is 2.49. The Morgan fingerprint density at radius 2 is 1.69 bits per heavy atom. The molecule has 0 spiro atoms. The van der Waals surface area contributed by atoms with Crippen LogP contribution in [0.5, 0.6) is 5.75 Å². The molecule has 3 rings (SSSR count). The summed E-state index contributed by atoms with van der Waals surface area (Å²) in [6.45, 7) is 0.391. The van der Waals surface area contributed by atoms with Gasteiger partial charge in [-0.1, -0.05) is 23.7 Å². The van der Waals surface area contributed by atoms with Crippen LogP contribution in [0.1, 0.15) is 21.5 Å². The molecule has 7 nitrogen and oxygen atoms in total. The maximum absolute atomic E-state index is 12.1. The third-order valence-corrected chi connectivity index (χ3v) is 4.17. The molecule has 29 heavy (non-hydrogen) atoms. The van der Waals surface area contributed by atoms with Gasteiger partial charge in [-0.15, -0.1) is 0 Å². The van der Waals surface area contributed by atoms with Crippen molar-refractivity contribution in [3.63, 3.8) is 0 Å². The van der Waals surface area contributed by atoms with E-state index in [0.29, 0.717) is 28.5 Å². The first-order chi connectivity index (χ1) is 14.0. The van der Waals surface area contributed by atoms with E-state index in [9.17, 15) is 14.9 Å². The standard InChI is InChI=1S/C21H16ClN3O4/c22-18-7-1-16(2-8-18)14-29-20-11-5-17(6-12-20)21(26)24-23-13-15-3-9-19(10-4-15)25(27)28/h1-13H,14H2,(H,24,26)/b23-13+. The molecular formula is C21H16ClN3O4. The number of nitro groups is 1. The number of ether oxygens (including phenoxy) is 1. The summed E-state index contributed by atoms with van der Waals surface area (Å²) >= 11 is 5.85. The van der Waals surface area contributed by atoms with Crippen LogP contribution in [-0.2, 0) is 6.61 Å². The molecule has 0 aromatic heterocycles. The van der Waals surface area contributed by atoms with Crippen LogP contribution in [0.25, 0.3) is 0 Å². The van der Waals surface area contributed by atoms with Gasteiger partial charge in [-0.25, -0.2) is 5.43 Å². The van der Waals surface area contributed by atoms with E-state index in [0.717, 1.165) is 5.56 Å². The maximum atomic E-state index is 12.1. The van der Waals surface area contributed by atoms with E-state index in [2.05, 4.69) is 10.5 Å². The van der Waals surface area contributed by atoms with Crippen molar-refractivity contribution < 1.29 is 14.5 Å². The van der Waals surface area contributed by atoms with Crippen LogP contribution in [0.3, 0.4) is 0 Å². The highest BCUT2D eigenvalue weighted by Crippen LogP contribution is 2.16. The van der Waals surface area contributed by atoms with Gasteiger partial charge in [-0.3, -0.25) is 14.9 Å². The van der Waals surface area contributed by atoms with E-state index in [4.69, 9.17) is 16.3 Å². The topological polar surface area (TPSA) is 93.8 Å². The van der Waals surface area contributed by atoms with Gasteiger partial charge >= 0.3 is 0 Å². The highest BCUT2D eigenvalue weighted by molar-refractivity contribution is 6.30. The molecule has 8 heteroatoms. The Morgan fingerprint density at radius 1 is 1.03 bits per heavy atom. The fourth-order valence-electron chi connectivity index (χ4n) is 2.36. The zero-order valence-corrected chi connectivity index (χ0v) is 15.9. The zero-order valence-electron chi connectivity index (χ0n) is 15.1. The van der Waals surface area contributed by atoms with Crippen LogP contribution >= 0.6 is 11.6 Å². The lowest BCUT2D eigenvalue weighted by Crippen LogP contribution is -2.17. The SMILES string of the molecule is O=C(N/N=C/c1ccc([N+](=O)[O-])cc1)c1ccc(OCc2ccc(Cl)cc2)cc1. The van der Waals surface area contributed by atoms with Crippen LogP contribution < -0.4 is 10.2 Å². The van der Waals surface area contributed by atoms with Crippen molar-refractivity contribution in [2.24, 2.45) is 5.10 Å². The summed E-state index contributed by atoms with van der Waals surface area (Å²) in [5.41, 5.74) is 4.43. The van der Waals surface area contributed by atoms with Gasteiger partial charge in [-0.05, 0) is 59.7 Å². The lowest BCUT2D eigenvalue weighted by atomic mass is 10.2. The molecule has 0 fully saturated rings. The number of hydrazone groups is 1. The Labute approximate surface area is 171 Å². The first kappa shape index (κ1) is 20.0. The largest absolute Gasteiger partial charge is 0.489 e. The van der Waals surface area contributed by atoms with E-state index in [-0.39, 0.29) is 11.6 Å². The van der Waals surface area contributed by atoms with Gasteiger partial charge in [0.05, 0.1) is 11.1 Å². The van der Waals surface area contributed by atoms with Gasteiger partial charge in [0.1, 0.15) is 12.4 Å². The minimum absolute atomic E-state index is 0.00967. The molecule has 0 aliphatic rings. The van der Waals surface area contributed by atoms with E-state index in [1.165, 1.54) is 18.3 Å². The van der Waals surface area contributed by atoms with Crippen LogP contribution in [0, 0.1) is 10.1 Å². The number of nitrogens with one attached hydrogen (secondary N) is 1. The van der Waals surface area contributed by atoms with E-state index in [1.54, 1.807) is 48.5 Å². The number of carbonyl (C=O) groups is 1. The number of carbonyl (C=O) groups excluding carboxylic acids is 1. The Balaban J connectivity index is 1.51. The van der Waals surface area contributed by atoms with Crippen molar-refractivity contribution in [3.05, 3.63) is 105 Å². The third kappa shape index (κ3) is 5.88. The zero-order chi connectivity index (χ0) is 20.6. The summed E-state index contributed by atoms with van der Waals surface area (Å²) in [7, 11) is 0. The highest BCUT2D eigenvalue weighted by atomic mass is 35.5. The summed E-state index contributed by atoms with van der Waals surface area (Å²) in [6.07, 6.45) is 1.41. The van der Waals surface area contributed by atoms with Gasteiger partial charge in [0.2, 0.25) is 0 Å². The second kappa shape index (κ2) is 9.48. The lowest BCUT2D eigenvalue weighted by Gasteiger charge is -2.07. The molecule has 1 N–H and O–H groups in total. The smallest absolute Gasteiger partial charge is 0.271 e. The first-order valence-corrected chi connectivity index (χ1v) is 8.94. The van der Waals surface area contributed by atoms with Crippen molar-refractivity contribution >= 4 is 29.4 Å². The summed E-state index contributed by atoms with van der Waals surface area (Å²) in [6, 6.07) is 19.8. The number of non-ortho nitro benzene ring substituents is 1. The number of halogens is 1. The van der Waals surface area contributed by atoms with Crippen LogP contribution in [0.2, 0.25) is 5.02 Å². The molecule has 0 radical (unpaired) electrons. The van der Waals surface area contributed by atoms with Crippen LogP contribution in [0.15, 0.2) is 77.9 Å². The van der Waals surface area contributed by atoms with Crippen LogP contribution in [-0.4, -0.2) is 17.0 Å². The molecule has 0 saturated carbocycles. The summed E-state index contributed by atoms with van der Waals surface area (Å²) < 4.78 is 5.68. The molecule has 0 aliphatic carbocycles. The van der Waals surface area contributed by atoms with Crippen molar-refractivity contribution in [1.82, 2.24) is 5.43 Å². The van der Waals surface area contributed by atoms with Gasteiger partial charge < -0.3 is 4.74 Å². The van der Waals surface area contributed by atoms with Gasteiger partial charge in [0.25, 0.3) is 11.6 Å². The minimum Gasteiger partial charge on any atom is -0.489 e. The predicted molar refractivity (Wildman–Crippen MR) is 110 cm³/mol. The fraction of sp³-hybridized carbons (Fsp3) is 0.0476. The Hall–Kier alpha value is -3.71. The van der Waals surface area contributed by atoms with E-state index < -0.39 is 4.92 Å². The second-order valence-corrected chi connectivity index (χ2v) is 6.42. The summed E-state index contributed by atoms with van der Waals surface area (Å²) in [5, 5.41) is 15.2. The second-order valence-electron chi connectivity index (χ2n) is 5.99. The van der Waals surface area contributed by atoms with Crippen molar-refractivity contribution in [3.8, 4) is 5.75 Å². The van der Waals surface area contributed by atoms with Gasteiger partial charge in [-0.2, -0.15) is 5.10 Å². The van der Waals surface area contributed by atoms with Crippen molar-refractivity contribution in [2.75, 3.05) is 0 Å². The molecule has 3 aromatic carbocycles. The van der Waals surface area contributed by atoms with Crippen molar-refractivity contribution in [1.29, 1.82) is 0 Å². The average Bonchev–Trinajstić information content (AvgIpc) is 2.74. The highest BCUT2D eigenvalue weighted by Gasteiger charge is 2.05. The first-order valence-electron chi connectivity index (χ1n) is 8.56. The molecular weight excluding hydrogens is 394 g/mol. The Bertz CT molecular complexity index is 1020. The lowest BCUT2D eigenvalue weighted by molar-refractivity contribution is -0.384. The number of nitro benzene ring substituents is 1. The maximum Gasteiger partial charge on any atom is 0.271 e. The van der Waals surface area contributed by atoms with Crippen LogP contribution in [0.4, 0.5) is 5.69 Å². The molecule has 0 saturated heterocycles. The van der Waals surface area contributed by atoms with Gasteiger partial charge in [0.15, 0.2) is 0 Å². The number of nitrogens with zero attached hydrogens (tertiary/aromatic N) is 2.